The third-order valence-electron chi connectivity index (χ3n) is 12.3. The van der Waals surface area contributed by atoms with Crippen LogP contribution in [-0.2, 0) is 101 Å². The van der Waals surface area contributed by atoms with Crippen molar-refractivity contribution in [3.8, 4) is 0 Å². The molecule has 0 bridgehead atoms. The van der Waals surface area contributed by atoms with Crippen LogP contribution in [0.4, 0.5) is 0 Å². The number of carbonyl (C=O) groups excluding carboxylic acids is 1. The molecule has 1 unspecified atom stereocenters. The Labute approximate surface area is 603 Å². The molecule has 0 aliphatic rings. The smallest absolute Gasteiger partial charge is 0.465 e. The molecule has 95 heavy (non-hydrogen) atoms. The highest BCUT2D eigenvalue weighted by Crippen LogP contribution is 2.35. The molecule has 0 aromatic rings. The predicted octanol–water partition coefficient (Wildman–Crippen LogP) is 15.8. The summed E-state index contributed by atoms with van der Waals surface area (Å²) in [5, 5.41) is 0. The van der Waals surface area contributed by atoms with Crippen molar-refractivity contribution in [2.75, 3.05) is 20.8 Å². The second kappa shape index (κ2) is 35.5. The van der Waals surface area contributed by atoms with E-state index in [1.165, 1.54) is 0 Å². The molecule has 0 saturated carbocycles. The lowest BCUT2D eigenvalue weighted by atomic mass is 10.1. The van der Waals surface area contributed by atoms with Crippen LogP contribution in [0, 0.1) is 5.92 Å². The highest BCUT2D eigenvalue weighted by Gasteiger charge is 2.56. The second-order valence-corrected chi connectivity index (χ2v) is 108. The van der Waals surface area contributed by atoms with Crippen LogP contribution in [0.1, 0.15) is 26.7 Å². The molecule has 24 nitrogen and oxygen atoms in total. The van der Waals surface area contributed by atoms with Gasteiger partial charge in [0.1, 0.15) is 0 Å². The van der Waals surface area contributed by atoms with Gasteiger partial charge in [0.2, 0.25) is 0 Å². The number of rotatable bonds is 48. The van der Waals surface area contributed by atoms with Crippen molar-refractivity contribution in [1.82, 2.24) is 0 Å². The number of hydrogen-bond donors (Lipinski definition) is 0. The van der Waals surface area contributed by atoms with Crippen LogP contribution < -0.4 is 0 Å². The minimum atomic E-state index is -3.18. The SMILES string of the molecule is CCC(C)C(=O)OCCC[Si](OC)(OC)O[Si](C)(C)O[Si](C)(C)O[Si](C)(C)O[Si](C)(C)O[Si](C)(C)O[Si](C)(C)O[Si](C)(C)O[Si](C)(C)O[Si](C)(C)O[Si](C)(C)O[Si](C)(C)O[Si](C)(C)O[Si](C)(C)O[Si](C)(C)O[Si](C)(C)O[Si](C)(C)O[Si](C)(C)O[Si](C)(C)O[Si](C)(C)O[SiH](C)C. The van der Waals surface area contributed by atoms with Crippen molar-refractivity contribution in [2.45, 2.75) is 295 Å². The maximum absolute atomic E-state index is 12.3. The molecule has 0 N–H and O–H groups in total. The van der Waals surface area contributed by atoms with Crippen LogP contribution in [0.3, 0.4) is 0 Å². The summed E-state index contributed by atoms with van der Waals surface area (Å²) >= 11 is 0. The summed E-state index contributed by atoms with van der Waals surface area (Å²) in [6, 6.07) is 0.462. The summed E-state index contributed by atoms with van der Waals surface area (Å²) in [4.78, 5) is 12.3. The van der Waals surface area contributed by atoms with Crippen LogP contribution in [0.15, 0.2) is 0 Å². The maximum atomic E-state index is 12.3. The Bertz CT molecular complexity index is 2380. The maximum Gasteiger partial charge on any atom is 0.491 e. The number of carbonyl (C=O) groups is 1. The van der Waals surface area contributed by atoms with E-state index < -0.39 is 181 Å². The zero-order chi connectivity index (χ0) is 75.8. The Morgan fingerprint density at radius 1 is 0.284 bits per heavy atom. The van der Waals surface area contributed by atoms with Gasteiger partial charge in [-0.3, -0.25) is 4.79 Å². The van der Waals surface area contributed by atoms with E-state index in [9.17, 15) is 4.79 Å². The highest BCUT2D eigenvalue weighted by molar-refractivity contribution is 6.96. The molecule has 0 radical (unpaired) electrons. The molecule has 1 atom stereocenters. The Balaban J connectivity index is 5.87. The van der Waals surface area contributed by atoms with E-state index in [0.29, 0.717) is 12.5 Å². The minimum absolute atomic E-state index is 0.153. The number of ether oxygens (including phenoxy) is 1. The van der Waals surface area contributed by atoms with E-state index in [-0.39, 0.29) is 18.5 Å². The van der Waals surface area contributed by atoms with Gasteiger partial charge >= 0.3 is 177 Å². The van der Waals surface area contributed by atoms with E-state index in [2.05, 4.69) is 118 Å². The average molecular weight is 1720 g/mol. The van der Waals surface area contributed by atoms with Crippen LogP contribution in [0.2, 0.25) is 268 Å². The van der Waals surface area contributed by atoms with Crippen molar-refractivity contribution in [1.29, 1.82) is 0 Å². The van der Waals surface area contributed by atoms with E-state index in [4.69, 9.17) is 95.9 Å². The van der Waals surface area contributed by atoms with Gasteiger partial charge in [-0.15, -0.1) is 0 Å². The first kappa shape index (κ1) is 98.1. The van der Waals surface area contributed by atoms with E-state index >= 15 is 0 Å². The third kappa shape index (κ3) is 43.5. The topological polar surface area (TPSA) is 229 Å². The van der Waals surface area contributed by atoms with Gasteiger partial charge in [0.15, 0.2) is 9.04 Å². The summed E-state index contributed by atoms with van der Waals surface area (Å²) in [6.45, 7) is 86.1. The summed E-state index contributed by atoms with van der Waals surface area (Å²) in [5.41, 5.74) is 0. The Morgan fingerprint density at radius 3 is 0.589 bits per heavy atom. The Morgan fingerprint density at radius 2 is 0.442 bits per heavy atom. The van der Waals surface area contributed by atoms with Crippen molar-refractivity contribution < 1.29 is 101 Å². The molecule has 0 aromatic carbocycles. The van der Waals surface area contributed by atoms with E-state index in [1.54, 1.807) is 14.2 Å². The van der Waals surface area contributed by atoms with Crippen molar-refractivity contribution >= 4 is 186 Å². The first-order chi connectivity index (χ1) is 41.3. The van der Waals surface area contributed by atoms with Crippen LogP contribution in [0.25, 0.3) is 0 Å². The number of esters is 1. The molecule has 570 valence electrons. The van der Waals surface area contributed by atoms with Gasteiger partial charge in [-0.2, -0.15) is 0 Å². The summed E-state index contributed by atoms with van der Waals surface area (Å²) in [5.74, 6) is -0.365. The molecule has 0 aliphatic carbocycles. The normalized spacial score (nSPS) is 15.9. The van der Waals surface area contributed by atoms with Gasteiger partial charge in [0, 0.05) is 20.3 Å². The van der Waals surface area contributed by atoms with Crippen LogP contribution in [-0.4, -0.2) is 207 Å². The summed E-state index contributed by atoms with van der Waals surface area (Å²) in [7, 11) is -55.0. The van der Waals surface area contributed by atoms with Gasteiger partial charge in [-0.05, 0) is 275 Å². The fourth-order valence-corrected chi connectivity index (χ4v) is 119. The lowest BCUT2D eigenvalue weighted by molar-refractivity contribution is -0.148. The summed E-state index contributed by atoms with van der Waals surface area (Å²) < 4.78 is 154. The molecule has 0 aromatic heterocycles. The fourth-order valence-electron chi connectivity index (χ4n) is 13.2. The van der Waals surface area contributed by atoms with Gasteiger partial charge in [-0.25, -0.2) is 0 Å². The zero-order valence-corrected chi connectivity index (χ0v) is 89.4. The molecule has 0 fully saturated rings. The monoisotopic (exact) mass is 1710 g/mol. The Hall–Kier alpha value is 3.14. The molecular weight excluding hydrogens is 1570 g/mol. The quantitative estimate of drug-likeness (QED) is 0.0313. The lowest BCUT2D eigenvalue weighted by Crippen LogP contribution is -2.63. The van der Waals surface area contributed by atoms with Crippen LogP contribution in [0.5, 0.6) is 0 Å². The molecule has 0 spiro atoms. The lowest BCUT2D eigenvalue weighted by Gasteiger charge is -2.45. The third-order valence-corrected chi connectivity index (χ3v) is 92.6. The minimum Gasteiger partial charge on any atom is -0.465 e. The molecule has 0 saturated heterocycles. The van der Waals surface area contributed by atoms with Gasteiger partial charge < -0.3 is 95.9 Å². The van der Waals surface area contributed by atoms with Gasteiger partial charge in [0.25, 0.3) is 0 Å². The van der Waals surface area contributed by atoms with Crippen molar-refractivity contribution in [3.63, 3.8) is 0 Å². The molecule has 0 rings (SSSR count). The predicted molar refractivity (Wildman–Crippen MR) is 432 cm³/mol. The largest absolute Gasteiger partial charge is 0.491 e. The molecule has 45 heteroatoms. The zero-order valence-electron chi connectivity index (χ0n) is 68.3. The van der Waals surface area contributed by atoms with Gasteiger partial charge in [0.05, 0.1) is 12.5 Å². The van der Waals surface area contributed by atoms with Gasteiger partial charge in [-0.1, -0.05) is 13.8 Å². The Kier molecular flexibility index (Phi) is 36.6. The van der Waals surface area contributed by atoms with E-state index in [1.807, 2.05) is 158 Å². The highest BCUT2D eigenvalue weighted by atomic mass is 28.6. The first-order valence-electron chi connectivity index (χ1n) is 33.6. The average Bonchev–Trinajstić information content (AvgIpc) is 0.812. The summed E-state index contributed by atoms with van der Waals surface area (Å²) in [6.07, 6.45) is 1.25. The molecule has 0 amide bonds. The van der Waals surface area contributed by atoms with Crippen LogP contribution >= 0.6 is 0 Å². The first-order valence-corrected chi connectivity index (χ1v) is 91.8. The second-order valence-electron chi connectivity index (χ2n) is 33.4. The standard InChI is InChI=1S/C50H142O24Si21/c1-45-49(2)50(51)54-47-46-48-95(52-3,53-4)74-94(43,44)73-93(41,42)72-92(39,40)71-91(37,38)70-90(35,36)69-89(33,34)68-88(31,32)67-87(29,30)66-86(27,28)65-85(25,26)64-84(23,24)63-83(21,22)62-82(19,20)61-81(17,18)60-80(15,16)59-79(13,14)58-78(11,12)57-77(9,10)56-76(7,8)55-75(5)6/h49,75H,45-48H2,1-44H3. The molecule has 0 heterocycles. The number of hydrogen-bond acceptors (Lipinski definition) is 24. The van der Waals surface area contributed by atoms with Crippen molar-refractivity contribution in [2.24, 2.45) is 5.92 Å². The molecule has 0 aliphatic heterocycles. The molecular formula is C50H142O24Si21. The fraction of sp³-hybridized carbons (Fsp3) is 0.980. The van der Waals surface area contributed by atoms with E-state index in [0.717, 1.165) is 6.42 Å². The van der Waals surface area contributed by atoms with Crippen molar-refractivity contribution in [3.05, 3.63) is 0 Å².